The van der Waals surface area contributed by atoms with Crippen LogP contribution in [0.15, 0.2) is 67.0 Å². The fraction of sp³-hybridized carbons (Fsp3) is 0.400. The van der Waals surface area contributed by atoms with Crippen molar-refractivity contribution in [3.63, 3.8) is 0 Å². The lowest BCUT2D eigenvalue weighted by Gasteiger charge is -2.20. The molecule has 8 nitrogen and oxygen atoms in total. The molecule has 1 atom stereocenters. The van der Waals surface area contributed by atoms with E-state index in [2.05, 4.69) is 71.5 Å². The van der Waals surface area contributed by atoms with Gasteiger partial charge in [0.25, 0.3) is 0 Å². The van der Waals surface area contributed by atoms with Gasteiger partial charge in [-0.15, -0.1) is 0 Å². The number of benzene rings is 3. The highest BCUT2D eigenvalue weighted by atomic mass is 16.5. The summed E-state index contributed by atoms with van der Waals surface area (Å²) < 4.78 is 19.0. The second-order valence-corrected chi connectivity index (χ2v) is 12.7. The van der Waals surface area contributed by atoms with Crippen molar-refractivity contribution in [2.75, 3.05) is 32.8 Å². The van der Waals surface area contributed by atoms with Gasteiger partial charge in [0.05, 0.1) is 18.8 Å². The molecule has 8 heteroatoms. The van der Waals surface area contributed by atoms with Crippen LogP contribution in [0.25, 0.3) is 11.1 Å². The number of nitriles is 1. The van der Waals surface area contributed by atoms with Crippen molar-refractivity contribution in [3.8, 4) is 34.4 Å². The molecule has 0 amide bonds. The Balaban J connectivity index is 1.30. The van der Waals surface area contributed by atoms with Crippen LogP contribution in [-0.2, 0) is 19.8 Å². The van der Waals surface area contributed by atoms with Crippen LogP contribution < -0.4 is 19.5 Å². The van der Waals surface area contributed by atoms with Gasteiger partial charge in [0.2, 0.25) is 0 Å². The normalized spacial score (nSPS) is 13.7. The minimum absolute atomic E-state index is 0.0389. The van der Waals surface area contributed by atoms with Crippen LogP contribution in [0.2, 0.25) is 0 Å². The molecule has 5 rings (SSSR count). The predicted octanol–water partition coefficient (Wildman–Crippen LogP) is 7.04. The third-order valence-electron chi connectivity index (χ3n) is 9.11. The Hall–Kier alpha value is -4.42. The number of pyridine rings is 1. The highest BCUT2D eigenvalue weighted by Gasteiger charge is 2.16. The summed E-state index contributed by atoms with van der Waals surface area (Å²) in [4.78, 5) is 6.69. The van der Waals surface area contributed by atoms with Gasteiger partial charge >= 0.3 is 0 Å². The minimum atomic E-state index is -0.0596. The molecule has 4 aromatic rings. The SMILES string of the molecule is Cc1cc(OCc2cccc(-c3cccc(OCCCN4CCCC4)c3C)c2C)cc(OCc2cncc(C#N)c2)c1CNC(C)CO. The first-order chi connectivity index (χ1) is 23.4. The molecule has 2 heterocycles. The molecular weight excluding hydrogens is 600 g/mol. The molecule has 48 heavy (non-hydrogen) atoms. The molecule has 0 saturated carbocycles. The van der Waals surface area contributed by atoms with Crippen molar-refractivity contribution < 1.29 is 19.3 Å². The Morgan fingerprint density at radius 2 is 1.69 bits per heavy atom. The van der Waals surface area contributed by atoms with Crippen molar-refractivity contribution >= 4 is 0 Å². The van der Waals surface area contributed by atoms with E-state index in [4.69, 9.17) is 14.2 Å². The van der Waals surface area contributed by atoms with E-state index in [1.54, 1.807) is 12.3 Å². The number of likely N-dealkylation sites (tertiary alicyclic amines) is 1. The topological polar surface area (TPSA) is 99.9 Å². The van der Waals surface area contributed by atoms with Crippen molar-refractivity contribution in [3.05, 3.63) is 106 Å². The van der Waals surface area contributed by atoms with Crippen LogP contribution in [-0.4, -0.2) is 53.9 Å². The van der Waals surface area contributed by atoms with Crippen molar-refractivity contribution in [1.82, 2.24) is 15.2 Å². The van der Waals surface area contributed by atoms with E-state index in [-0.39, 0.29) is 19.3 Å². The summed E-state index contributed by atoms with van der Waals surface area (Å²) in [5, 5.41) is 22.2. The van der Waals surface area contributed by atoms with Gasteiger partial charge in [-0.2, -0.15) is 5.26 Å². The van der Waals surface area contributed by atoms with Crippen LogP contribution in [0, 0.1) is 32.1 Å². The Morgan fingerprint density at radius 1 is 0.917 bits per heavy atom. The van der Waals surface area contributed by atoms with Crippen molar-refractivity contribution in [2.24, 2.45) is 0 Å². The fourth-order valence-corrected chi connectivity index (χ4v) is 6.15. The molecule has 1 aliphatic heterocycles. The van der Waals surface area contributed by atoms with Gasteiger partial charge < -0.3 is 29.5 Å². The number of aromatic nitrogens is 1. The lowest BCUT2D eigenvalue weighted by molar-refractivity contribution is 0.249. The summed E-state index contributed by atoms with van der Waals surface area (Å²) in [5.41, 5.74) is 9.05. The number of aliphatic hydroxyl groups is 1. The molecule has 0 bridgehead atoms. The van der Waals surface area contributed by atoms with Gasteiger partial charge in [-0.1, -0.05) is 30.3 Å². The molecule has 1 aliphatic rings. The largest absolute Gasteiger partial charge is 0.493 e. The lowest BCUT2D eigenvalue weighted by atomic mass is 9.93. The van der Waals surface area contributed by atoms with Crippen LogP contribution in [0.1, 0.15) is 65.1 Å². The zero-order chi connectivity index (χ0) is 33.9. The number of aliphatic hydroxyl groups excluding tert-OH is 1. The molecule has 1 aromatic heterocycles. The minimum Gasteiger partial charge on any atom is -0.493 e. The summed E-state index contributed by atoms with van der Waals surface area (Å²) in [6.07, 6.45) is 6.90. The van der Waals surface area contributed by atoms with E-state index in [0.29, 0.717) is 30.2 Å². The summed E-state index contributed by atoms with van der Waals surface area (Å²) in [5.74, 6) is 2.33. The number of ether oxygens (including phenoxy) is 3. The quantitative estimate of drug-likeness (QED) is 0.125. The highest BCUT2D eigenvalue weighted by Crippen LogP contribution is 2.34. The standard InChI is InChI=1S/C40H48N4O4/c1-28-18-35(20-40(38(28)24-43-29(2)25-45)48-26-33-19-32(21-41)22-42-23-33)47-27-34-10-7-11-36(30(34)3)37-12-8-13-39(31(37)4)46-17-9-16-44-14-5-6-15-44/h7-8,10-13,18-20,22-23,29,43,45H,5-6,9,14-17,24-27H2,1-4H3. The molecule has 3 aromatic carbocycles. The molecule has 1 saturated heterocycles. The fourth-order valence-electron chi connectivity index (χ4n) is 6.15. The molecule has 0 aliphatic carbocycles. The second kappa shape index (κ2) is 17.1. The number of nitrogens with zero attached hydrogens (tertiary/aromatic N) is 3. The van der Waals surface area contributed by atoms with Crippen LogP contribution in [0.3, 0.4) is 0 Å². The average Bonchev–Trinajstić information content (AvgIpc) is 3.63. The zero-order valence-corrected chi connectivity index (χ0v) is 28.7. The molecule has 252 valence electrons. The Kier molecular flexibility index (Phi) is 12.4. The number of rotatable bonds is 16. The smallest absolute Gasteiger partial charge is 0.128 e. The van der Waals surface area contributed by atoms with E-state index < -0.39 is 0 Å². The molecule has 0 radical (unpaired) electrons. The lowest BCUT2D eigenvalue weighted by Crippen LogP contribution is -2.29. The Bertz CT molecular complexity index is 1710. The maximum atomic E-state index is 9.54. The van der Waals surface area contributed by atoms with E-state index in [9.17, 15) is 10.4 Å². The van der Waals surface area contributed by atoms with E-state index >= 15 is 0 Å². The van der Waals surface area contributed by atoms with Gasteiger partial charge in [0.15, 0.2) is 0 Å². The summed E-state index contributed by atoms with van der Waals surface area (Å²) >= 11 is 0. The van der Waals surface area contributed by atoms with Crippen LogP contribution >= 0.6 is 0 Å². The monoisotopic (exact) mass is 648 g/mol. The number of nitrogens with one attached hydrogen (secondary N) is 1. The summed E-state index contributed by atoms with van der Waals surface area (Å²) in [7, 11) is 0. The van der Waals surface area contributed by atoms with Gasteiger partial charge in [-0.3, -0.25) is 4.98 Å². The number of hydrogen-bond acceptors (Lipinski definition) is 8. The van der Waals surface area contributed by atoms with E-state index in [0.717, 1.165) is 53.1 Å². The molecule has 0 spiro atoms. The highest BCUT2D eigenvalue weighted by molar-refractivity contribution is 5.73. The second-order valence-electron chi connectivity index (χ2n) is 12.7. The Labute approximate surface area is 285 Å². The first-order valence-electron chi connectivity index (χ1n) is 17.0. The van der Waals surface area contributed by atoms with Crippen molar-refractivity contribution in [2.45, 2.75) is 72.8 Å². The maximum Gasteiger partial charge on any atom is 0.128 e. The number of aryl methyl sites for hydroxylation is 1. The molecule has 1 unspecified atom stereocenters. The maximum absolute atomic E-state index is 9.54. The van der Waals surface area contributed by atoms with Crippen LogP contribution in [0.5, 0.6) is 17.2 Å². The van der Waals surface area contributed by atoms with E-state index in [1.165, 1.54) is 48.8 Å². The van der Waals surface area contributed by atoms with Crippen LogP contribution in [0.4, 0.5) is 0 Å². The average molecular weight is 649 g/mol. The van der Waals surface area contributed by atoms with Gasteiger partial charge in [-0.05, 0) is 112 Å². The van der Waals surface area contributed by atoms with Crippen molar-refractivity contribution in [1.29, 1.82) is 5.26 Å². The molecule has 1 fully saturated rings. The predicted molar refractivity (Wildman–Crippen MR) is 189 cm³/mol. The molecule has 2 N–H and O–H groups in total. The van der Waals surface area contributed by atoms with Gasteiger partial charge in [-0.25, -0.2) is 0 Å². The number of hydrogen-bond donors (Lipinski definition) is 2. The summed E-state index contributed by atoms with van der Waals surface area (Å²) in [6.45, 7) is 13.7. The Morgan fingerprint density at radius 3 is 2.46 bits per heavy atom. The van der Waals surface area contributed by atoms with Gasteiger partial charge in [0.1, 0.15) is 36.5 Å². The first kappa shape index (κ1) is 34.9. The third-order valence-corrected chi connectivity index (χ3v) is 9.11. The van der Waals surface area contributed by atoms with Gasteiger partial charge in [0, 0.05) is 48.7 Å². The zero-order valence-electron chi connectivity index (χ0n) is 28.7. The molecular formula is C40H48N4O4. The van der Waals surface area contributed by atoms with E-state index in [1.807, 2.05) is 26.0 Å². The first-order valence-corrected chi connectivity index (χ1v) is 17.0. The summed E-state index contributed by atoms with van der Waals surface area (Å²) in [6, 6.07) is 20.5. The third kappa shape index (κ3) is 9.13.